The first-order valence-corrected chi connectivity index (χ1v) is 9.06. The Morgan fingerprint density at radius 2 is 1.92 bits per heavy atom. The highest BCUT2D eigenvalue weighted by atomic mass is 79.9. The highest BCUT2D eigenvalue weighted by molar-refractivity contribution is 9.10. The predicted molar refractivity (Wildman–Crippen MR) is 99.7 cm³/mol. The van der Waals surface area contributed by atoms with Crippen LogP contribution in [0, 0.1) is 0 Å². The summed E-state index contributed by atoms with van der Waals surface area (Å²) in [4.78, 5) is 12.5. The first-order chi connectivity index (χ1) is 12.2. The monoisotopic (exact) mass is 405 g/mol. The number of nitrogens with one attached hydrogen (secondary N) is 1. The molecule has 5 nitrogen and oxygen atoms in total. The number of rotatable bonds is 6. The van der Waals surface area contributed by atoms with Gasteiger partial charge in [0.15, 0.2) is 11.5 Å². The minimum Gasteiger partial charge on any atom is -0.491 e. The van der Waals surface area contributed by atoms with Crippen LogP contribution in [-0.4, -0.2) is 25.7 Å². The Morgan fingerprint density at radius 1 is 1.20 bits per heavy atom. The molecule has 0 bridgehead atoms. The van der Waals surface area contributed by atoms with Crippen LogP contribution < -0.4 is 19.5 Å². The number of amides is 1. The van der Waals surface area contributed by atoms with Gasteiger partial charge in [-0.2, -0.15) is 0 Å². The predicted octanol–water partition coefficient (Wildman–Crippen LogP) is 4.19. The summed E-state index contributed by atoms with van der Waals surface area (Å²) < 4.78 is 17.6. The van der Waals surface area contributed by atoms with Crippen molar-refractivity contribution in [3.05, 3.63) is 46.4 Å². The maximum atomic E-state index is 12.5. The van der Waals surface area contributed by atoms with Crippen LogP contribution in [0.4, 0.5) is 5.69 Å². The van der Waals surface area contributed by atoms with Crippen LogP contribution in [0.25, 0.3) is 0 Å². The van der Waals surface area contributed by atoms with Crippen molar-refractivity contribution in [3.8, 4) is 17.2 Å². The lowest BCUT2D eigenvalue weighted by molar-refractivity contribution is -0.115. The van der Waals surface area contributed by atoms with Gasteiger partial charge < -0.3 is 19.5 Å². The molecule has 132 valence electrons. The maximum Gasteiger partial charge on any atom is 0.228 e. The zero-order chi connectivity index (χ0) is 17.6. The zero-order valence-corrected chi connectivity index (χ0v) is 15.6. The molecule has 2 aromatic carbocycles. The number of para-hydroxylation sites is 2. The van der Waals surface area contributed by atoms with E-state index in [1.165, 1.54) is 0 Å². The van der Waals surface area contributed by atoms with Crippen molar-refractivity contribution >= 4 is 27.5 Å². The minimum atomic E-state index is -0.120. The summed E-state index contributed by atoms with van der Waals surface area (Å²) in [6, 6.07) is 11.1. The van der Waals surface area contributed by atoms with Crippen molar-refractivity contribution < 1.29 is 19.0 Å². The smallest absolute Gasteiger partial charge is 0.228 e. The number of halogens is 1. The fourth-order valence-electron chi connectivity index (χ4n) is 2.52. The van der Waals surface area contributed by atoms with E-state index in [1.54, 1.807) is 0 Å². The second-order valence-electron chi connectivity index (χ2n) is 5.66. The van der Waals surface area contributed by atoms with Crippen LogP contribution in [0.15, 0.2) is 40.9 Å². The van der Waals surface area contributed by atoms with Crippen LogP contribution in [0.5, 0.6) is 17.2 Å². The van der Waals surface area contributed by atoms with Crippen molar-refractivity contribution in [1.82, 2.24) is 0 Å². The molecular weight excluding hydrogens is 386 g/mol. The molecule has 1 amide bonds. The molecule has 1 heterocycles. The molecule has 0 spiro atoms. The summed E-state index contributed by atoms with van der Waals surface area (Å²) >= 11 is 3.50. The number of hydrogen-bond acceptors (Lipinski definition) is 4. The number of benzene rings is 2. The Bertz CT molecular complexity index is 763. The van der Waals surface area contributed by atoms with E-state index in [0.717, 1.165) is 16.5 Å². The van der Waals surface area contributed by atoms with E-state index >= 15 is 0 Å². The number of hydrogen-bond donors (Lipinski definition) is 1. The van der Waals surface area contributed by atoms with E-state index in [2.05, 4.69) is 21.2 Å². The van der Waals surface area contributed by atoms with Crippen molar-refractivity contribution in [2.24, 2.45) is 0 Å². The third-order valence-corrected chi connectivity index (χ3v) is 4.42. The van der Waals surface area contributed by atoms with E-state index in [1.807, 2.05) is 43.3 Å². The molecule has 1 N–H and O–H groups in total. The standard InChI is InChI=1S/C19H20BrNO4/c1-2-7-23-16-6-4-3-5-15(16)21-19(22)11-13-10-17-18(12-14(13)20)25-9-8-24-17/h3-6,10,12H,2,7-9,11H2,1H3,(H,21,22). The van der Waals surface area contributed by atoms with Gasteiger partial charge in [0.1, 0.15) is 19.0 Å². The molecule has 0 saturated carbocycles. The second-order valence-corrected chi connectivity index (χ2v) is 6.51. The summed E-state index contributed by atoms with van der Waals surface area (Å²) in [5, 5.41) is 2.92. The Balaban J connectivity index is 1.71. The van der Waals surface area contributed by atoms with Gasteiger partial charge in [-0.1, -0.05) is 35.0 Å². The molecule has 0 fully saturated rings. The molecule has 1 aliphatic heterocycles. The van der Waals surface area contributed by atoms with Crippen molar-refractivity contribution in [2.75, 3.05) is 25.1 Å². The SMILES string of the molecule is CCCOc1ccccc1NC(=O)Cc1cc2c(cc1Br)OCCO2. The van der Waals surface area contributed by atoms with Gasteiger partial charge in [0, 0.05) is 4.47 Å². The molecule has 0 atom stereocenters. The molecule has 0 aromatic heterocycles. The van der Waals surface area contributed by atoms with Crippen molar-refractivity contribution in [3.63, 3.8) is 0 Å². The van der Waals surface area contributed by atoms with Gasteiger partial charge in [-0.25, -0.2) is 0 Å². The number of carbonyl (C=O) groups is 1. The number of carbonyl (C=O) groups excluding carboxylic acids is 1. The lowest BCUT2D eigenvalue weighted by atomic mass is 10.1. The van der Waals surface area contributed by atoms with Crippen molar-refractivity contribution in [1.29, 1.82) is 0 Å². The van der Waals surface area contributed by atoms with Crippen molar-refractivity contribution in [2.45, 2.75) is 19.8 Å². The third kappa shape index (κ3) is 4.45. The number of fused-ring (bicyclic) bond motifs is 1. The highest BCUT2D eigenvalue weighted by Gasteiger charge is 2.17. The number of ether oxygens (including phenoxy) is 3. The Labute approximate surface area is 155 Å². The van der Waals surface area contributed by atoms with Crippen LogP contribution in [0.2, 0.25) is 0 Å². The van der Waals surface area contributed by atoms with Gasteiger partial charge in [0.05, 0.1) is 18.7 Å². The second kappa shape index (κ2) is 8.25. The van der Waals surface area contributed by atoms with Crippen LogP contribution in [-0.2, 0) is 11.2 Å². The maximum absolute atomic E-state index is 12.5. The first-order valence-electron chi connectivity index (χ1n) is 8.27. The molecule has 2 aromatic rings. The van der Waals surface area contributed by atoms with Gasteiger partial charge in [-0.05, 0) is 36.2 Å². The molecule has 0 radical (unpaired) electrons. The average molecular weight is 406 g/mol. The van der Waals surface area contributed by atoms with Crippen LogP contribution >= 0.6 is 15.9 Å². The topological polar surface area (TPSA) is 56.8 Å². The molecule has 1 aliphatic rings. The summed E-state index contributed by atoms with van der Waals surface area (Å²) in [7, 11) is 0. The largest absolute Gasteiger partial charge is 0.491 e. The zero-order valence-electron chi connectivity index (χ0n) is 14.0. The fraction of sp³-hybridized carbons (Fsp3) is 0.316. The normalized spacial score (nSPS) is 12.6. The van der Waals surface area contributed by atoms with Gasteiger partial charge in [-0.15, -0.1) is 0 Å². The van der Waals surface area contributed by atoms with Crippen LogP contribution in [0.3, 0.4) is 0 Å². The van der Waals surface area contributed by atoms with Crippen LogP contribution in [0.1, 0.15) is 18.9 Å². The lowest BCUT2D eigenvalue weighted by Crippen LogP contribution is -2.18. The highest BCUT2D eigenvalue weighted by Crippen LogP contribution is 2.36. The Kier molecular flexibility index (Phi) is 5.81. The first kappa shape index (κ1) is 17.6. The summed E-state index contributed by atoms with van der Waals surface area (Å²) in [6.45, 7) is 3.71. The van der Waals surface area contributed by atoms with Gasteiger partial charge in [-0.3, -0.25) is 4.79 Å². The fourth-order valence-corrected chi connectivity index (χ4v) is 2.98. The molecule has 6 heteroatoms. The number of anilines is 1. The summed E-state index contributed by atoms with van der Waals surface area (Å²) in [6.07, 6.45) is 1.13. The van der Waals surface area contributed by atoms with Gasteiger partial charge in [0.25, 0.3) is 0 Å². The van der Waals surface area contributed by atoms with E-state index in [4.69, 9.17) is 14.2 Å². The molecular formula is C19H20BrNO4. The molecule has 0 saturated heterocycles. The van der Waals surface area contributed by atoms with E-state index in [-0.39, 0.29) is 12.3 Å². The van der Waals surface area contributed by atoms with E-state index in [9.17, 15) is 4.79 Å². The quantitative estimate of drug-likeness (QED) is 0.782. The average Bonchev–Trinajstić information content (AvgIpc) is 2.61. The molecule has 25 heavy (non-hydrogen) atoms. The van der Waals surface area contributed by atoms with Gasteiger partial charge >= 0.3 is 0 Å². The summed E-state index contributed by atoms with van der Waals surface area (Å²) in [5.74, 6) is 1.92. The van der Waals surface area contributed by atoms with E-state index in [0.29, 0.717) is 42.8 Å². The van der Waals surface area contributed by atoms with Gasteiger partial charge in [0.2, 0.25) is 5.91 Å². The Hall–Kier alpha value is -2.21. The molecule has 0 unspecified atom stereocenters. The summed E-state index contributed by atoms with van der Waals surface area (Å²) in [5.41, 5.74) is 1.52. The Morgan fingerprint density at radius 3 is 2.68 bits per heavy atom. The molecule has 3 rings (SSSR count). The van der Waals surface area contributed by atoms with E-state index < -0.39 is 0 Å². The minimum absolute atomic E-state index is 0.120. The third-order valence-electron chi connectivity index (χ3n) is 3.69. The molecule has 0 aliphatic carbocycles. The lowest BCUT2D eigenvalue weighted by Gasteiger charge is -2.20.